The van der Waals surface area contributed by atoms with E-state index in [1.54, 1.807) is 0 Å². The van der Waals surface area contributed by atoms with Gasteiger partial charge in [-0.05, 0) is 52.3 Å². The molecule has 0 saturated heterocycles. The molecule has 0 amide bonds. The van der Waals surface area contributed by atoms with Crippen LogP contribution < -0.4 is 5.32 Å². The third-order valence-corrected chi connectivity index (χ3v) is 4.61. The molecular weight excluding hydrogens is 374 g/mol. The molecule has 0 unspecified atom stereocenters. The van der Waals surface area contributed by atoms with Gasteiger partial charge in [0, 0.05) is 31.8 Å². The summed E-state index contributed by atoms with van der Waals surface area (Å²) in [6.07, 6.45) is 0. The van der Waals surface area contributed by atoms with Crippen LogP contribution in [0, 0.1) is 0 Å². The maximum absolute atomic E-state index is 3.53. The Hall–Kier alpha value is -0.450. The van der Waals surface area contributed by atoms with Gasteiger partial charge in [0.15, 0.2) is 0 Å². The Morgan fingerprint density at radius 2 is 1.67 bits per heavy atom. The second-order valence-corrected chi connectivity index (χ2v) is 6.65. The fraction of sp³-hybridized carbons (Fsp3) is 0.143. The molecule has 0 radical (unpaired) electrons. The highest BCUT2D eigenvalue weighted by Crippen LogP contribution is 2.23. The van der Waals surface area contributed by atoms with Crippen molar-refractivity contribution in [3.8, 4) is 0 Å². The molecule has 0 aromatic heterocycles. The SMILES string of the molecule is Brc1ccc(SCCNc2ccccc2Br)cc1. The summed E-state index contributed by atoms with van der Waals surface area (Å²) in [4.78, 5) is 1.30. The number of rotatable bonds is 5. The first-order valence-corrected chi connectivity index (χ1v) is 8.19. The smallest absolute Gasteiger partial charge is 0.0484 e. The van der Waals surface area contributed by atoms with Crippen molar-refractivity contribution in [2.24, 2.45) is 0 Å². The monoisotopic (exact) mass is 385 g/mol. The highest BCUT2D eigenvalue weighted by atomic mass is 79.9. The van der Waals surface area contributed by atoms with Crippen molar-refractivity contribution < 1.29 is 0 Å². The number of benzene rings is 2. The Bertz CT molecular complexity index is 499. The standard InChI is InChI=1S/C14H13Br2NS/c15-11-5-7-12(8-6-11)18-10-9-17-14-4-2-1-3-13(14)16/h1-8,17H,9-10H2. The summed E-state index contributed by atoms with van der Waals surface area (Å²) in [6.45, 7) is 0.948. The zero-order valence-corrected chi connectivity index (χ0v) is 13.7. The van der Waals surface area contributed by atoms with Crippen molar-refractivity contribution in [3.05, 3.63) is 57.5 Å². The Morgan fingerprint density at radius 1 is 0.944 bits per heavy atom. The number of hydrogen-bond acceptors (Lipinski definition) is 2. The van der Waals surface area contributed by atoms with Crippen LogP contribution in [0.5, 0.6) is 0 Å². The fourth-order valence-electron chi connectivity index (χ4n) is 1.49. The van der Waals surface area contributed by atoms with Crippen molar-refractivity contribution in [1.29, 1.82) is 0 Å². The van der Waals surface area contributed by atoms with E-state index in [1.807, 2.05) is 30.0 Å². The van der Waals surface area contributed by atoms with E-state index < -0.39 is 0 Å². The molecule has 2 aromatic rings. The molecule has 0 aliphatic heterocycles. The van der Waals surface area contributed by atoms with Crippen LogP contribution in [0.15, 0.2) is 62.4 Å². The van der Waals surface area contributed by atoms with Crippen LogP contribution in [0.2, 0.25) is 0 Å². The Balaban J connectivity index is 1.76. The van der Waals surface area contributed by atoms with E-state index >= 15 is 0 Å². The van der Waals surface area contributed by atoms with Gasteiger partial charge in [-0.2, -0.15) is 0 Å². The van der Waals surface area contributed by atoms with Gasteiger partial charge < -0.3 is 5.32 Å². The summed E-state index contributed by atoms with van der Waals surface area (Å²) < 4.78 is 2.23. The number of hydrogen-bond donors (Lipinski definition) is 1. The van der Waals surface area contributed by atoms with Gasteiger partial charge in [-0.1, -0.05) is 28.1 Å². The molecular formula is C14H13Br2NS. The Morgan fingerprint density at radius 3 is 2.39 bits per heavy atom. The summed E-state index contributed by atoms with van der Waals surface area (Å²) >= 11 is 8.82. The highest BCUT2D eigenvalue weighted by Gasteiger charge is 1.97. The third-order valence-electron chi connectivity index (χ3n) is 2.37. The zero-order valence-electron chi connectivity index (χ0n) is 9.70. The second-order valence-electron chi connectivity index (χ2n) is 3.71. The van der Waals surface area contributed by atoms with E-state index in [0.717, 1.165) is 26.9 Å². The highest BCUT2D eigenvalue weighted by molar-refractivity contribution is 9.10. The van der Waals surface area contributed by atoms with Crippen LogP contribution in [0.1, 0.15) is 0 Å². The Kier molecular flexibility index (Phi) is 5.60. The lowest BCUT2D eigenvalue weighted by atomic mass is 10.3. The van der Waals surface area contributed by atoms with Gasteiger partial charge in [0.1, 0.15) is 0 Å². The summed E-state index contributed by atoms with van der Waals surface area (Å²) in [5.41, 5.74) is 1.15. The molecule has 0 fully saturated rings. The number of anilines is 1. The van der Waals surface area contributed by atoms with Gasteiger partial charge in [-0.15, -0.1) is 11.8 Å². The van der Waals surface area contributed by atoms with E-state index in [0.29, 0.717) is 0 Å². The molecule has 0 bridgehead atoms. The second kappa shape index (κ2) is 7.22. The van der Waals surface area contributed by atoms with Gasteiger partial charge in [0.2, 0.25) is 0 Å². The van der Waals surface area contributed by atoms with Crippen molar-refractivity contribution >= 4 is 49.3 Å². The number of thioether (sulfide) groups is 1. The fourth-order valence-corrected chi connectivity index (χ4v) is 2.95. The van der Waals surface area contributed by atoms with Gasteiger partial charge in [0.05, 0.1) is 0 Å². The molecule has 18 heavy (non-hydrogen) atoms. The molecule has 0 atom stereocenters. The number of nitrogens with one attached hydrogen (secondary N) is 1. The van der Waals surface area contributed by atoms with E-state index in [4.69, 9.17) is 0 Å². The lowest BCUT2D eigenvalue weighted by Gasteiger charge is -2.08. The van der Waals surface area contributed by atoms with Gasteiger partial charge in [-0.3, -0.25) is 0 Å². The molecule has 0 heterocycles. The first-order chi connectivity index (χ1) is 8.75. The molecule has 2 rings (SSSR count). The van der Waals surface area contributed by atoms with Crippen molar-refractivity contribution in [1.82, 2.24) is 0 Å². The third kappa shape index (κ3) is 4.34. The molecule has 1 N–H and O–H groups in total. The van der Waals surface area contributed by atoms with Crippen molar-refractivity contribution in [2.75, 3.05) is 17.6 Å². The summed E-state index contributed by atoms with van der Waals surface area (Å²) in [6, 6.07) is 16.6. The number of halogens is 2. The molecule has 1 nitrogen and oxygen atoms in total. The normalized spacial score (nSPS) is 10.3. The van der Waals surface area contributed by atoms with Crippen molar-refractivity contribution in [3.63, 3.8) is 0 Å². The quantitative estimate of drug-likeness (QED) is 0.544. The first kappa shape index (κ1) is 14.0. The lowest BCUT2D eigenvalue weighted by molar-refractivity contribution is 1.22. The maximum Gasteiger partial charge on any atom is 0.0484 e. The van der Waals surface area contributed by atoms with Gasteiger partial charge >= 0.3 is 0 Å². The lowest BCUT2D eigenvalue weighted by Crippen LogP contribution is -2.04. The van der Waals surface area contributed by atoms with E-state index in [9.17, 15) is 0 Å². The molecule has 0 spiro atoms. The van der Waals surface area contributed by atoms with Crippen LogP contribution >= 0.6 is 43.6 Å². The van der Waals surface area contributed by atoms with Crippen LogP contribution in [-0.4, -0.2) is 12.3 Å². The largest absolute Gasteiger partial charge is 0.383 e. The van der Waals surface area contributed by atoms with Crippen LogP contribution in [-0.2, 0) is 0 Å². The zero-order chi connectivity index (χ0) is 12.8. The molecule has 0 aliphatic rings. The maximum atomic E-state index is 3.53. The van der Waals surface area contributed by atoms with Crippen LogP contribution in [0.25, 0.3) is 0 Å². The predicted octanol–water partition coefficient (Wildman–Crippen LogP) is 5.42. The molecule has 0 aliphatic carbocycles. The molecule has 94 valence electrons. The minimum Gasteiger partial charge on any atom is -0.383 e. The Labute approximate surface area is 129 Å². The average molecular weight is 387 g/mol. The minimum atomic E-state index is 0.948. The van der Waals surface area contributed by atoms with E-state index in [2.05, 4.69) is 67.5 Å². The van der Waals surface area contributed by atoms with Gasteiger partial charge in [0.25, 0.3) is 0 Å². The minimum absolute atomic E-state index is 0.948. The summed E-state index contributed by atoms with van der Waals surface area (Å²) in [5, 5.41) is 3.42. The average Bonchev–Trinajstić information content (AvgIpc) is 2.39. The van der Waals surface area contributed by atoms with Crippen LogP contribution in [0.3, 0.4) is 0 Å². The molecule has 4 heteroatoms. The number of para-hydroxylation sites is 1. The molecule has 0 saturated carbocycles. The van der Waals surface area contributed by atoms with E-state index in [-0.39, 0.29) is 0 Å². The van der Waals surface area contributed by atoms with E-state index in [1.165, 1.54) is 4.90 Å². The topological polar surface area (TPSA) is 12.0 Å². The van der Waals surface area contributed by atoms with Crippen LogP contribution in [0.4, 0.5) is 5.69 Å². The summed E-state index contributed by atoms with van der Waals surface area (Å²) in [7, 11) is 0. The molecule has 2 aromatic carbocycles. The first-order valence-electron chi connectivity index (χ1n) is 5.62. The summed E-state index contributed by atoms with van der Waals surface area (Å²) in [5.74, 6) is 1.04. The predicted molar refractivity (Wildman–Crippen MR) is 87.5 cm³/mol. The van der Waals surface area contributed by atoms with Gasteiger partial charge in [-0.25, -0.2) is 0 Å². The van der Waals surface area contributed by atoms with Crippen molar-refractivity contribution in [2.45, 2.75) is 4.90 Å².